The number of para-hydroxylation sites is 2. The van der Waals surface area contributed by atoms with Crippen molar-refractivity contribution < 1.29 is 4.79 Å². The van der Waals surface area contributed by atoms with E-state index in [2.05, 4.69) is 15.4 Å². The van der Waals surface area contributed by atoms with Crippen LogP contribution in [-0.4, -0.2) is 30.6 Å². The molecule has 2 aromatic carbocycles. The standard InChI is InChI=1S/C23H21N5O/c1-16-21(17(2)27(25-16)19-10-6-4-7-11-19)14-15-22(29)23-18(3)28(26-24-23)20-12-8-5-9-13-20/h4-15H,1-3H3. The summed E-state index contributed by atoms with van der Waals surface area (Å²) in [4.78, 5) is 12.8. The van der Waals surface area contributed by atoms with Crippen molar-refractivity contribution in [2.24, 2.45) is 0 Å². The number of carbonyl (C=O) groups excluding carboxylic acids is 1. The van der Waals surface area contributed by atoms with Gasteiger partial charge in [-0.15, -0.1) is 5.10 Å². The maximum Gasteiger partial charge on any atom is 0.208 e. The lowest BCUT2D eigenvalue weighted by atomic mass is 10.1. The lowest BCUT2D eigenvalue weighted by Gasteiger charge is -2.03. The molecule has 29 heavy (non-hydrogen) atoms. The minimum atomic E-state index is -0.184. The zero-order valence-electron chi connectivity index (χ0n) is 16.6. The van der Waals surface area contributed by atoms with Gasteiger partial charge in [-0.2, -0.15) is 5.10 Å². The maximum absolute atomic E-state index is 12.8. The second kappa shape index (κ2) is 7.67. The third-order valence-electron chi connectivity index (χ3n) is 4.88. The summed E-state index contributed by atoms with van der Waals surface area (Å²) in [6.45, 7) is 5.78. The highest BCUT2D eigenvalue weighted by Gasteiger charge is 2.16. The molecule has 144 valence electrons. The molecule has 0 amide bonds. The molecule has 4 rings (SSSR count). The second-order valence-corrected chi connectivity index (χ2v) is 6.80. The summed E-state index contributed by atoms with van der Waals surface area (Å²) >= 11 is 0. The van der Waals surface area contributed by atoms with E-state index in [-0.39, 0.29) is 5.78 Å². The average Bonchev–Trinajstić information content (AvgIpc) is 3.27. The van der Waals surface area contributed by atoms with Gasteiger partial charge in [0.15, 0.2) is 5.69 Å². The number of ketones is 1. The normalized spacial score (nSPS) is 11.3. The van der Waals surface area contributed by atoms with Crippen LogP contribution in [0, 0.1) is 20.8 Å². The second-order valence-electron chi connectivity index (χ2n) is 6.80. The SMILES string of the molecule is Cc1nn(-c2ccccc2)c(C)c1C=CC(=O)c1nnn(-c2ccccc2)c1C. The molecule has 0 radical (unpaired) electrons. The number of hydrogen-bond acceptors (Lipinski definition) is 4. The molecule has 0 saturated carbocycles. The molecular formula is C23H21N5O. The zero-order chi connectivity index (χ0) is 20.4. The molecule has 2 aromatic heterocycles. The number of allylic oxidation sites excluding steroid dienone is 1. The van der Waals surface area contributed by atoms with E-state index in [1.54, 1.807) is 16.8 Å². The molecule has 4 aromatic rings. The fourth-order valence-electron chi connectivity index (χ4n) is 3.33. The van der Waals surface area contributed by atoms with Crippen LogP contribution in [0.5, 0.6) is 0 Å². The van der Waals surface area contributed by atoms with E-state index in [1.165, 1.54) is 0 Å². The van der Waals surface area contributed by atoms with E-state index in [0.29, 0.717) is 11.4 Å². The maximum atomic E-state index is 12.8. The molecule has 0 unspecified atom stereocenters. The largest absolute Gasteiger partial charge is 0.287 e. The fraction of sp³-hybridized carbons (Fsp3) is 0.130. The Kier molecular flexibility index (Phi) is 4.91. The van der Waals surface area contributed by atoms with Crippen LogP contribution in [0.1, 0.15) is 33.1 Å². The van der Waals surface area contributed by atoms with Crippen molar-refractivity contribution in [2.45, 2.75) is 20.8 Å². The van der Waals surface area contributed by atoms with E-state index in [1.807, 2.05) is 86.1 Å². The van der Waals surface area contributed by atoms with Gasteiger partial charge in [0.2, 0.25) is 5.78 Å². The van der Waals surface area contributed by atoms with Crippen LogP contribution in [0.3, 0.4) is 0 Å². The molecule has 0 spiro atoms. The predicted octanol–water partition coefficient (Wildman–Crippen LogP) is 4.27. The third-order valence-corrected chi connectivity index (χ3v) is 4.88. The van der Waals surface area contributed by atoms with Gasteiger partial charge in [0.05, 0.1) is 22.8 Å². The minimum absolute atomic E-state index is 0.184. The van der Waals surface area contributed by atoms with Gasteiger partial charge in [-0.25, -0.2) is 9.36 Å². The number of nitrogens with zero attached hydrogens (tertiary/aromatic N) is 5. The molecule has 0 aliphatic rings. The molecule has 6 nitrogen and oxygen atoms in total. The Balaban J connectivity index is 1.62. The van der Waals surface area contributed by atoms with Crippen molar-refractivity contribution in [3.8, 4) is 11.4 Å². The Bertz CT molecular complexity index is 1190. The molecule has 6 heteroatoms. The highest BCUT2D eigenvalue weighted by atomic mass is 16.1. The van der Waals surface area contributed by atoms with Crippen LogP contribution >= 0.6 is 0 Å². The van der Waals surface area contributed by atoms with Crippen molar-refractivity contribution in [2.75, 3.05) is 0 Å². The summed E-state index contributed by atoms with van der Waals surface area (Å²) in [5.41, 5.74) is 5.67. The average molecular weight is 383 g/mol. The van der Waals surface area contributed by atoms with Crippen molar-refractivity contribution in [1.82, 2.24) is 24.8 Å². The Morgan fingerprint density at radius 2 is 1.41 bits per heavy atom. The fourth-order valence-corrected chi connectivity index (χ4v) is 3.33. The molecular weight excluding hydrogens is 362 g/mol. The molecule has 0 aliphatic carbocycles. The Labute approximate surface area is 169 Å². The van der Waals surface area contributed by atoms with Gasteiger partial charge in [0.25, 0.3) is 0 Å². The van der Waals surface area contributed by atoms with E-state index >= 15 is 0 Å². The van der Waals surface area contributed by atoms with Crippen molar-refractivity contribution in [1.29, 1.82) is 0 Å². The van der Waals surface area contributed by atoms with Gasteiger partial charge in [-0.3, -0.25) is 4.79 Å². The summed E-state index contributed by atoms with van der Waals surface area (Å²) in [6, 6.07) is 19.6. The molecule has 0 bridgehead atoms. The third kappa shape index (κ3) is 3.52. The first-order valence-electron chi connectivity index (χ1n) is 9.38. The first-order valence-corrected chi connectivity index (χ1v) is 9.38. The van der Waals surface area contributed by atoms with E-state index in [4.69, 9.17) is 0 Å². The van der Waals surface area contributed by atoms with Gasteiger partial charge in [0, 0.05) is 11.3 Å². The number of aryl methyl sites for hydroxylation is 1. The molecule has 2 heterocycles. The van der Waals surface area contributed by atoms with Crippen molar-refractivity contribution >= 4 is 11.9 Å². The zero-order valence-corrected chi connectivity index (χ0v) is 16.6. The lowest BCUT2D eigenvalue weighted by molar-refractivity contribution is 0.104. The molecule has 0 aliphatic heterocycles. The highest BCUT2D eigenvalue weighted by molar-refractivity contribution is 6.06. The predicted molar refractivity (Wildman–Crippen MR) is 112 cm³/mol. The van der Waals surface area contributed by atoms with E-state index in [9.17, 15) is 4.79 Å². The van der Waals surface area contributed by atoms with Gasteiger partial charge in [0.1, 0.15) is 0 Å². The van der Waals surface area contributed by atoms with Crippen LogP contribution in [0.4, 0.5) is 0 Å². The lowest BCUT2D eigenvalue weighted by Crippen LogP contribution is -2.01. The van der Waals surface area contributed by atoms with Crippen LogP contribution < -0.4 is 0 Å². The Hall–Kier alpha value is -3.80. The smallest absolute Gasteiger partial charge is 0.208 e. The topological polar surface area (TPSA) is 65.6 Å². The first-order chi connectivity index (χ1) is 14.1. The summed E-state index contributed by atoms with van der Waals surface area (Å²) < 4.78 is 3.56. The molecule has 0 N–H and O–H groups in total. The van der Waals surface area contributed by atoms with Crippen LogP contribution in [0.2, 0.25) is 0 Å². The Morgan fingerprint density at radius 3 is 2.03 bits per heavy atom. The van der Waals surface area contributed by atoms with Crippen LogP contribution in [0.25, 0.3) is 17.5 Å². The van der Waals surface area contributed by atoms with Gasteiger partial charge >= 0.3 is 0 Å². The summed E-state index contributed by atoms with van der Waals surface area (Å²) in [5.74, 6) is -0.184. The van der Waals surface area contributed by atoms with Crippen LogP contribution in [-0.2, 0) is 0 Å². The number of benzene rings is 2. The Morgan fingerprint density at radius 1 is 0.828 bits per heavy atom. The van der Waals surface area contributed by atoms with Crippen molar-refractivity contribution in [3.05, 3.63) is 95.1 Å². The quantitative estimate of drug-likeness (QED) is 0.381. The number of rotatable bonds is 5. The molecule has 0 fully saturated rings. The van der Waals surface area contributed by atoms with Gasteiger partial charge in [-0.1, -0.05) is 41.6 Å². The van der Waals surface area contributed by atoms with E-state index in [0.717, 1.165) is 28.3 Å². The minimum Gasteiger partial charge on any atom is -0.287 e. The number of hydrogen-bond donors (Lipinski definition) is 0. The summed E-state index contributed by atoms with van der Waals surface area (Å²) in [6.07, 6.45) is 3.35. The number of aromatic nitrogens is 5. The summed E-state index contributed by atoms with van der Waals surface area (Å²) in [7, 11) is 0. The highest BCUT2D eigenvalue weighted by Crippen LogP contribution is 2.20. The van der Waals surface area contributed by atoms with Crippen LogP contribution in [0.15, 0.2) is 66.7 Å². The van der Waals surface area contributed by atoms with Gasteiger partial charge in [-0.05, 0) is 57.2 Å². The van der Waals surface area contributed by atoms with Gasteiger partial charge < -0.3 is 0 Å². The van der Waals surface area contributed by atoms with Crippen molar-refractivity contribution in [3.63, 3.8) is 0 Å². The number of carbonyl (C=O) groups is 1. The molecule has 0 atom stereocenters. The monoisotopic (exact) mass is 383 g/mol. The first kappa shape index (κ1) is 18.6. The molecule has 0 saturated heterocycles. The van der Waals surface area contributed by atoms with E-state index < -0.39 is 0 Å². The summed E-state index contributed by atoms with van der Waals surface area (Å²) in [5, 5.41) is 12.8.